The lowest BCUT2D eigenvalue weighted by Crippen LogP contribution is -3.00. The fourth-order valence-corrected chi connectivity index (χ4v) is 6.34. The van der Waals surface area contributed by atoms with Gasteiger partial charge in [-0.15, -0.1) is 13.2 Å². The van der Waals surface area contributed by atoms with E-state index in [1.54, 1.807) is 12.3 Å². The highest BCUT2D eigenvalue weighted by Gasteiger charge is 2.55. The SMILES string of the molecule is C=CCO[C@H](c1ccnc2ccccc12)C1CC2CC[N+]1(Cc1ccc(F)c(F)c1F)CC2C=C.[Br-]. The zero-order chi connectivity index (χ0) is 24.6. The highest BCUT2D eigenvalue weighted by atomic mass is 79.9. The number of ether oxygens (including phenoxy) is 1. The van der Waals surface area contributed by atoms with Crippen LogP contribution in [0, 0.1) is 29.3 Å². The molecule has 190 valence electrons. The first kappa shape index (κ1) is 26.6. The van der Waals surface area contributed by atoms with E-state index in [1.807, 2.05) is 36.4 Å². The van der Waals surface area contributed by atoms with Crippen molar-refractivity contribution in [3.8, 4) is 0 Å². The molecule has 3 aliphatic rings. The van der Waals surface area contributed by atoms with Crippen LogP contribution < -0.4 is 17.0 Å². The summed E-state index contributed by atoms with van der Waals surface area (Å²) < 4.78 is 49.7. The molecule has 0 radical (unpaired) electrons. The van der Waals surface area contributed by atoms with Crippen molar-refractivity contribution in [2.45, 2.75) is 31.5 Å². The van der Waals surface area contributed by atoms with E-state index in [1.165, 1.54) is 6.07 Å². The standard InChI is InChI=1S/C29H30F3N2O.BrH/c1-3-15-35-29(23-11-13-33-25-8-6-5-7-22(23)25)26-16-20-12-14-34(26,17-19(20)4-2)18-21-9-10-24(30)28(32)27(21)31;/h3-11,13,19-20,26,29H,1-2,12,14-18H2;1H/q+1;/p-1/t19?,20?,26?,29-,34?;/m1./s1. The van der Waals surface area contributed by atoms with Crippen molar-refractivity contribution in [1.82, 2.24) is 4.98 Å². The third-order valence-corrected chi connectivity index (χ3v) is 8.01. The Morgan fingerprint density at radius 3 is 2.67 bits per heavy atom. The molecule has 4 unspecified atom stereocenters. The Morgan fingerprint density at radius 1 is 1.08 bits per heavy atom. The van der Waals surface area contributed by atoms with Crippen molar-refractivity contribution in [2.24, 2.45) is 11.8 Å². The number of fused-ring (bicyclic) bond motifs is 4. The smallest absolute Gasteiger partial charge is 0.194 e. The minimum atomic E-state index is -1.41. The van der Waals surface area contributed by atoms with Gasteiger partial charge in [0.15, 0.2) is 17.5 Å². The molecular weight excluding hydrogens is 529 g/mol. The average molecular weight is 559 g/mol. The van der Waals surface area contributed by atoms with Crippen molar-refractivity contribution in [3.63, 3.8) is 0 Å². The van der Waals surface area contributed by atoms with Crippen LogP contribution in [-0.2, 0) is 11.3 Å². The molecule has 5 atom stereocenters. The molecule has 0 N–H and O–H groups in total. The second-order valence-corrected chi connectivity index (χ2v) is 9.83. The van der Waals surface area contributed by atoms with Gasteiger partial charge in [0, 0.05) is 35.9 Å². The lowest BCUT2D eigenvalue weighted by Gasteiger charge is -2.58. The average Bonchev–Trinajstić information content (AvgIpc) is 2.89. The number of hydrogen-bond donors (Lipinski definition) is 0. The highest BCUT2D eigenvalue weighted by molar-refractivity contribution is 5.82. The van der Waals surface area contributed by atoms with Crippen LogP contribution in [0.25, 0.3) is 10.9 Å². The third-order valence-electron chi connectivity index (χ3n) is 8.01. The topological polar surface area (TPSA) is 22.1 Å². The molecule has 3 fully saturated rings. The van der Waals surface area contributed by atoms with E-state index >= 15 is 0 Å². The molecule has 0 saturated carbocycles. The number of piperidine rings is 3. The van der Waals surface area contributed by atoms with Gasteiger partial charge in [-0.2, -0.15) is 0 Å². The van der Waals surface area contributed by atoms with Gasteiger partial charge in [-0.05, 0) is 35.7 Å². The molecule has 36 heavy (non-hydrogen) atoms. The van der Waals surface area contributed by atoms with Gasteiger partial charge in [0.2, 0.25) is 0 Å². The number of para-hydroxylation sites is 1. The van der Waals surface area contributed by atoms with Gasteiger partial charge >= 0.3 is 0 Å². The van der Waals surface area contributed by atoms with Crippen LogP contribution in [0.3, 0.4) is 0 Å². The number of quaternary nitrogens is 1. The normalized spacial score (nSPS) is 25.8. The molecule has 2 aromatic carbocycles. The molecule has 0 spiro atoms. The number of halogens is 4. The molecule has 7 heteroatoms. The Balaban J connectivity index is 0.00000304. The molecule has 0 amide bonds. The van der Waals surface area contributed by atoms with E-state index in [-0.39, 0.29) is 47.2 Å². The largest absolute Gasteiger partial charge is 1.00 e. The van der Waals surface area contributed by atoms with Crippen LogP contribution >= 0.6 is 0 Å². The third kappa shape index (κ3) is 4.64. The van der Waals surface area contributed by atoms with Crippen molar-refractivity contribution < 1.29 is 39.4 Å². The summed E-state index contributed by atoms with van der Waals surface area (Å²) in [6.07, 6.45) is 7.09. The van der Waals surface area contributed by atoms with E-state index in [9.17, 15) is 13.2 Å². The Morgan fingerprint density at radius 2 is 1.89 bits per heavy atom. The van der Waals surface area contributed by atoms with E-state index < -0.39 is 17.5 Å². The number of rotatable bonds is 8. The molecule has 1 aromatic heterocycles. The first-order valence-electron chi connectivity index (χ1n) is 12.1. The summed E-state index contributed by atoms with van der Waals surface area (Å²) in [5.74, 6) is -2.95. The van der Waals surface area contributed by atoms with Gasteiger partial charge in [0.05, 0.1) is 25.2 Å². The first-order valence-corrected chi connectivity index (χ1v) is 12.1. The maximum absolute atomic E-state index is 14.9. The fraction of sp³-hybridized carbons (Fsp3) is 0.345. The molecule has 3 aromatic rings. The lowest BCUT2D eigenvalue weighted by molar-refractivity contribution is -0.985. The van der Waals surface area contributed by atoms with Gasteiger partial charge in [-0.3, -0.25) is 4.98 Å². The summed E-state index contributed by atoms with van der Waals surface area (Å²) in [5, 5.41) is 1.02. The van der Waals surface area contributed by atoms with Crippen LogP contribution in [-0.4, -0.2) is 35.2 Å². The van der Waals surface area contributed by atoms with Gasteiger partial charge in [-0.1, -0.05) is 30.4 Å². The number of pyridine rings is 1. The van der Waals surface area contributed by atoms with Crippen molar-refractivity contribution >= 4 is 10.9 Å². The number of hydrogen-bond acceptors (Lipinski definition) is 2. The van der Waals surface area contributed by atoms with Crippen LogP contribution in [0.4, 0.5) is 13.2 Å². The van der Waals surface area contributed by atoms with E-state index in [0.29, 0.717) is 17.0 Å². The quantitative estimate of drug-likeness (QED) is 0.240. The molecule has 2 bridgehead atoms. The second-order valence-electron chi connectivity index (χ2n) is 9.83. The molecule has 3 saturated heterocycles. The fourth-order valence-electron chi connectivity index (χ4n) is 6.34. The second kappa shape index (κ2) is 10.9. The molecule has 3 nitrogen and oxygen atoms in total. The van der Waals surface area contributed by atoms with Crippen molar-refractivity contribution in [3.05, 3.63) is 103 Å². The summed E-state index contributed by atoms with van der Waals surface area (Å²) in [7, 11) is 0. The van der Waals surface area contributed by atoms with E-state index in [2.05, 4.69) is 18.1 Å². The molecule has 4 heterocycles. The summed E-state index contributed by atoms with van der Waals surface area (Å²) in [5.41, 5.74) is 2.11. The predicted octanol–water partition coefficient (Wildman–Crippen LogP) is 3.51. The molecule has 0 aliphatic carbocycles. The van der Waals surface area contributed by atoms with Gasteiger partial charge in [0.1, 0.15) is 18.7 Å². The maximum Gasteiger partial charge on any atom is 0.194 e. The minimum Gasteiger partial charge on any atom is -1.00 e. The molecule has 3 aliphatic heterocycles. The Kier molecular flexibility index (Phi) is 8.03. The predicted molar refractivity (Wildman–Crippen MR) is 131 cm³/mol. The summed E-state index contributed by atoms with van der Waals surface area (Å²) >= 11 is 0. The Hall–Kier alpha value is -2.48. The van der Waals surface area contributed by atoms with Gasteiger partial charge in [0.25, 0.3) is 0 Å². The van der Waals surface area contributed by atoms with E-state index in [4.69, 9.17) is 4.74 Å². The van der Waals surface area contributed by atoms with Crippen molar-refractivity contribution in [2.75, 3.05) is 19.7 Å². The van der Waals surface area contributed by atoms with Crippen LogP contribution in [0.2, 0.25) is 0 Å². The van der Waals surface area contributed by atoms with Crippen LogP contribution in [0.5, 0.6) is 0 Å². The van der Waals surface area contributed by atoms with Crippen LogP contribution in [0.15, 0.2) is 74.0 Å². The van der Waals surface area contributed by atoms with Gasteiger partial charge < -0.3 is 26.2 Å². The summed E-state index contributed by atoms with van der Waals surface area (Å²) in [4.78, 5) is 4.52. The summed E-state index contributed by atoms with van der Waals surface area (Å²) in [6, 6.07) is 12.4. The Labute approximate surface area is 220 Å². The first-order chi connectivity index (χ1) is 17.0. The number of aromatic nitrogens is 1. The van der Waals surface area contributed by atoms with E-state index in [0.717, 1.165) is 48.5 Å². The van der Waals surface area contributed by atoms with Crippen LogP contribution in [0.1, 0.15) is 30.1 Å². The maximum atomic E-state index is 14.9. The summed E-state index contributed by atoms with van der Waals surface area (Å²) in [6.45, 7) is 10.1. The zero-order valence-electron chi connectivity index (χ0n) is 20.1. The minimum absolute atomic E-state index is 0. The highest BCUT2D eigenvalue weighted by Crippen LogP contribution is 2.49. The monoisotopic (exact) mass is 558 g/mol. The van der Waals surface area contributed by atoms with Crippen molar-refractivity contribution in [1.29, 1.82) is 0 Å². The molecular formula is C29H30BrF3N2O. The molecule has 6 rings (SSSR count). The lowest BCUT2D eigenvalue weighted by atomic mass is 9.71. The zero-order valence-corrected chi connectivity index (χ0v) is 21.6. The number of nitrogens with zero attached hydrogens (tertiary/aromatic N) is 2. The number of benzene rings is 2. The Bertz CT molecular complexity index is 1260. The van der Waals surface area contributed by atoms with Gasteiger partial charge in [-0.25, -0.2) is 13.2 Å².